The Balaban J connectivity index is 0.00000196. The Bertz CT molecular complexity index is 189. The molecule has 2 atom stereocenters. The fourth-order valence-corrected chi connectivity index (χ4v) is 1.94. The molecule has 0 saturated carbocycles. The summed E-state index contributed by atoms with van der Waals surface area (Å²) in [6, 6.07) is 0.211. The highest BCUT2D eigenvalue weighted by Gasteiger charge is 2.22. The fourth-order valence-electron chi connectivity index (χ4n) is 1.36. The predicted molar refractivity (Wildman–Crippen MR) is 65.8 cm³/mol. The molecule has 15 heavy (non-hydrogen) atoms. The van der Waals surface area contributed by atoms with E-state index in [2.05, 4.69) is 10.6 Å². The Morgan fingerprint density at radius 2 is 2.47 bits per heavy atom. The zero-order valence-corrected chi connectivity index (χ0v) is 10.7. The van der Waals surface area contributed by atoms with Crippen LogP contribution in [0.5, 0.6) is 0 Å². The number of ether oxygens (including phenoxy) is 1. The van der Waals surface area contributed by atoms with E-state index in [1.54, 1.807) is 11.8 Å². The summed E-state index contributed by atoms with van der Waals surface area (Å²) in [6.45, 7) is 4.08. The maximum absolute atomic E-state index is 11.6. The van der Waals surface area contributed by atoms with Crippen LogP contribution in [0.1, 0.15) is 6.92 Å². The van der Waals surface area contributed by atoms with Crippen molar-refractivity contribution in [3.8, 4) is 0 Å². The second kappa shape index (κ2) is 8.21. The molecule has 1 aliphatic heterocycles. The summed E-state index contributed by atoms with van der Waals surface area (Å²) in [5.74, 6) is 0.935. The average Bonchev–Trinajstić information content (AvgIpc) is 2.19. The number of hydrogen-bond donors (Lipinski definition) is 2. The highest BCUT2D eigenvalue weighted by atomic mass is 35.5. The van der Waals surface area contributed by atoms with Gasteiger partial charge in [-0.15, -0.1) is 12.4 Å². The van der Waals surface area contributed by atoms with Crippen molar-refractivity contribution in [1.29, 1.82) is 0 Å². The van der Waals surface area contributed by atoms with Gasteiger partial charge in [-0.3, -0.25) is 4.79 Å². The molecule has 0 spiro atoms. The molecule has 2 unspecified atom stereocenters. The van der Waals surface area contributed by atoms with Crippen LogP contribution in [0, 0.1) is 0 Å². The van der Waals surface area contributed by atoms with Crippen LogP contribution in [-0.4, -0.2) is 49.8 Å². The summed E-state index contributed by atoms with van der Waals surface area (Å²) in [4.78, 5) is 11.6. The number of halogens is 1. The van der Waals surface area contributed by atoms with Crippen LogP contribution < -0.4 is 10.6 Å². The van der Waals surface area contributed by atoms with Crippen molar-refractivity contribution in [2.75, 3.05) is 31.7 Å². The summed E-state index contributed by atoms with van der Waals surface area (Å²) in [5.41, 5.74) is 0. The number of thioether (sulfide) groups is 1. The molecule has 1 saturated heterocycles. The van der Waals surface area contributed by atoms with E-state index in [0.29, 0.717) is 13.2 Å². The molecule has 1 aliphatic rings. The first-order valence-corrected chi connectivity index (χ1v) is 6.25. The fraction of sp³-hybridized carbons (Fsp3) is 0.889. The minimum atomic E-state index is -0.312. The first-order chi connectivity index (χ1) is 6.74. The molecule has 2 N–H and O–H groups in total. The molecule has 1 rings (SSSR count). The molecule has 0 aliphatic carbocycles. The maximum Gasteiger partial charge on any atom is 0.250 e. The van der Waals surface area contributed by atoms with Crippen molar-refractivity contribution in [1.82, 2.24) is 10.6 Å². The Kier molecular flexibility index (Phi) is 8.23. The Labute approximate surface area is 101 Å². The van der Waals surface area contributed by atoms with Crippen molar-refractivity contribution in [2.24, 2.45) is 0 Å². The third-order valence-electron chi connectivity index (χ3n) is 2.03. The summed E-state index contributed by atoms with van der Waals surface area (Å²) in [7, 11) is 0. The van der Waals surface area contributed by atoms with Crippen LogP contribution in [-0.2, 0) is 9.53 Å². The van der Waals surface area contributed by atoms with Gasteiger partial charge in [0.05, 0.1) is 6.61 Å². The minimum absolute atomic E-state index is 0. The first-order valence-electron chi connectivity index (χ1n) is 4.85. The zero-order chi connectivity index (χ0) is 10.4. The van der Waals surface area contributed by atoms with Crippen molar-refractivity contribution >= 4 is 30.1 Å². The highest BCUT2D eigenvalue weighted by Crippen LogP contribution is 2.00. The molecule has 90 valence electrons. The molecule has 1 fully saturated rings. The topological polar surface area (TPSA) is 50.4 Å². The lowest BCUT2D eigenvalue weighted by Crippen LogP contribution is -2.50. The van der Waals surface area contributed by atoms with Crippen LogP contribution in [0.3, 0.4) is 0 Å². The van der Waals surface area contributed by atoms with Gasteiger partial charge in [0, 0.05) is 24.9 Å². The van der Waals surface area contributed by atoms with Gasteiger partial charge in [-0.1, -0.05) is 0 Å². The summed E-state index contributed by atoms with van der Waals surface area (Å²) < 4.78 is 5.34. The summed E-state index contributed by atoms with van der Waals surface area (Å²) in [5, 5.41) is 6.06. The largest absolute Gasteiger partial charge is 0.366 e. The zero-order valence-electron chi connectivity index (χ0n) is 9.12. The standard InChI is InChI=1S/C9H18N2O2S.ClH/c1-7(6-14-2)11-9(12)8-5-10-3-4-13-8;/h7-8,10H,3-6H2,1-2H3,(H,11,12);1H. The van der Waals surface area contributed by atoms with E-state index in [4.69, 9.17) is 4.74 Å². The number of amides is 1. The van der Waals surface area contributed by atoms with Crippen molar-refractivity contribution in [2.45, 2.75) is 19.1 Å². The van der Waals surface area contributed by atoms with Gasteiger partial charge in [-0.05, 0) is 13.2 Å². The van der Waals surface area contributed by atoms with Crippen LogP contribution >= 0.6 is 24.2 Å². The van der Waals surface area contributed by atoms with E-state index in [-0.39, 0.29) is 30.5 Å². The average molecular weight is 255 g/mol. The molecule has 4 nitrogen and oxygen atoms in total. The van der Waals surface area contributed by atoms with Crippen LogP contribution in [0.25, 0.3) is 0 Å². The number of nitrogens with one attached hydrogen (secondary N) is 2. The molecular weight excluding hydrogens is 236 g/mol. The third-order valence-corrected chi connectivity index (χ3v) is 2.86. The smallest absolute Gasteiger partial charge is 0.250 e. The van der Waals surface area contributed by atoms with E-state index in [0.717, 1.165) is 12.3 Å². The number of carbonyl (C=O) groups is 1. The Morgan fingerprint density at radius 1 is 1.73 bits per heavy atom. The second-order valence-electron chi connectivity index (χ2n) is 3.43. The van der Waals surface area contributed by atoms with Crippen molar-refractivity contribution < 1.29 is 9.53 Å². The van der Waals surface area contributed by atoms with Crippen LogP contribution in [0.2, 0.25) is 0 Å². The monoisotopic (exact) mass is 254 g/mol. The lowest BCUT2D eigenvalue weighted by atomic mass is 10.2. The number of hydrogen-bond acceptors (Lipinski definition) is 4. The van der Waals surface area contributed by atoms with E-state index < -0.39 is 0 Å². The lowest BCUT2D eigenvalue weighted by Gasteiger charge is -2.24. The summed E-state index contributed by atoms with van der Waals surface area (Å²) in [6.07, 6.45) is 1.72. The molecule has 1 amide bonds. The molecule has 0 bridgehead atoms. The van der Waals surface area contributed by atoms with Gasteiger partial charge in [0.2, 0.25) is 0 Å². The molecule has 6 heteroatoms. The molecule has 0 aromatic rings. The van der Waals surface area contributed by atoms with Crippen LogP contribution in [0.4, 0.5) is 0 Å². The Hall–Kier alpha value is 0.0300. The maximum atomic E-state index is 11.6. The molecular formula is C9H19ClN2O2S. The number of carbonyl (C=O) groups excluding carboxylic acids is 1. The molecule has 1 heterocycles. The predicted octanol–water partition coefficient (Wildman–Crippen LogP) is 0.264. The van der Waals surface area contributed by atoms with Gasteiger partial charge in [-0.25, -0.2) is 0 Å². The van der Waals surface area contributed by atoms with Gasteiger partial charge in [0.25, 0.3) is 5.91 Å². The minimum Gasteiger partial charge on any atom is -0.366 e. The van der Waals surface area contributed by atoms with E-state index in [1.165, 1.54) is 0 Å². The van der Waals surface area contributed by atoms with E-state index in [1.807, 2.05) is 13.2 Å². The van der Waals surface area contributed by atoms with Crippen molar-refractivity contribution in [3.63, 3.8) is 0 Å². The van der Waals surface area contributed by atoms with Gasteiger partial charge >= 0.3 is 0 Å². The SMILES string of the molecule is CSCC(C)NC(=O)C1CNCCO1.Cl. The lowest BCUT2D eigenvalue weighted by molar-refractivity contribution is -0.134. The summed E-state index contributed by atoms with van der Waals surface area (Å²) >= 11 is 1.73. The first kappa shape index (κ1) is 15.0. The van der Waals surface area contributed by atoms with Gasteiger partial charge < -0.3 is 15.4 Å². The van der Waals surface area contributed by atoms with E-state index >= 15 is 0 Å². The third kappa shape index (κ3) is 5.61. The Morgan fingerprint density at radius 3 is 3.00 bits per heavy atom. The number of rotatable bonds is 4. The van der Waals surface area contributed by atoms with Gasteiger partial charge in [0.15, 0.2) is 0 Å². The van der Waals surface area contributed by atoms with Gasteiger partial charge in [-0.2, -0.15) is 11.8 Å². The molecule has 0 aromatic heterocycles. The normalized spacial score (nSPS) is 22.7. The number of morpholine rings is 1. The molecule has 0 radical (unpaired) electrons. The van der Waals surface area contributed by atoms with E-state index in [9.17, 15) is 4.79 Å². The second-order valence-corrected chi connectivity index (χ2v) is 4.34. The molecule has 0 aromatic carbocycles. The van der Waals surface area contributed by atoms with Crippen LogP contribution in [0.15, 0.2) is 0 Å². The van der Waals surface area contributed by atoms with Gasteiger partial charge in [0.1, 0.15) is 6.10 Å². The van der Waals surface area contributed by atoms with Crippen molar-refractivity contribution in [3.05, 3.63) is 0 Å². The quantitative estimate of drug-likeness (QED) is 0.756. The highest BCUT2D eigenvalue weighted by molar-refractivity contribution is 7.98.